The van der Waals surface area contributed by atoms with Crippen LogP contribution in [0.25, 0.3) is 0 Å². The van der Waals surface area contributed by atoms with Gasteiger partial charge in [-0.3, -0.25) is 14.8 Å². The van der Waals surface area contributed by atoms with Crippen LogP contribution in [0.3, 0.4) is 0 Å². The predicted molar refractivity (Wildman–Crippen MR) is 96.1 cm³/mol. The van der Waals surface area contributed by atoms with E-state index in [4.69, 9.17) is 0 Å². The SMILES string of the molecule is Cc1nn(C2CCS(=O)(=O)C2)c(C)c1C(=O)Nc1nc2c(s1)CCC2. The lowest BCUT2D eigenvalue weighted by molar-refractivity contribution is 0.102. The van der Waals surface area contributed by atoms with E-state index in [2.05, 4.69) is 15.4 Å². The number of aromatic nitrogens is 3. The summed E-state index contributed by atoms with van der Waals surface area (Å²) in [5, 5.41) is 7.96. The lowest BCUT2D eigenvalue weighted by Gasteiger charge is -2.11. The van der Waals surface area contributed by atoms with Gasteiger partial charge in [0.15, 0.2) is 15.0 Å². The summed E-state index contributed by atoms with van der Waals surface area (Å²) < 4.78 is 25.2. The largest absolute Gasteiger partial charge is 0.298 e. The number of carbonyl (C=O) groups excluding carboxylic acids is 1. The molecule has 1 aliphatic carbocycles. The molecular weight excluding hydrogens is 360 g/mol. The minimum Gasteiger partial charge on any atom is -0.298 e. The fourth-order valence-electron chi connectivity index (χ4n) is 3.72. The molecule has 1 fully saturated rings. The molecule has 0 aromatic carbocycles. The average Bonchev–Trinajstić information content (AvgIpc) is 3.23. The Bertz CT molecular complexity index is 937. The lowest BCUT2D eigenvalue weighted by Crippen LogP contribution is -2.16. The van der Waals surface area contributed by atoms with Crippen molar-refractivity contribution >= 4 is 32.2 Å². The molecule has 0 saturated carbocycles. The zero-order valence-electron chi connectivity index (χ0n) is 14.2. The highest BCUT2D eigenvalue weighted by Crippen LogP contribution is 2.31. The van der Waals surface area contributed by atoms with Crippen LogP contribution in [0.15, 0.2) is 0 Å². The Hall–Kier alpha value is -1.74. The molecule has 1 amide bonds. The van der Waals surface area contributed by atoms with Crippen molar-refractivity contribution in [1.82, 2.24) is 14.8 Å². The molecule has 2 aliphatic rings. The zero-order chi connectivity index (χ0) is 17.8. The van der Waals surface area contributed by atoms with Gasteiger partial charge >= 0.3 is 0 Å². The van der Waals surface area contributed by atoms with Crippen molar-refractivity contribution in [3.05, 3.63) is 27.5 Å². The molecule has 1 aliphatic heterocycles. The molecule has 25 heavy (non-hydrogen) atoms. The molecule has 0 spiro atoms. The fourth-order valence-corrected chi connectivity index (χ4v) is 6.46. The molecule has 9 heteroatoms. The molecule has 3 heterocycles. The summed E-state index contributed by atoms with van der Waals surface area (Å²) in [7, 11) is -3.00. The second kappa shape index (κ2) is 5.91. The standard InChI is InChI=1S/C16H20N4O3S2/c1-9-14(10(2)20(19-9)11-6-7-25(22,23)8-11)15(21)18-16-17-12-4-3-5-13(12)24-16/h11H,3-8H2,1-2H3,(H,17,18,21). The van der Waals surface area contributed by atoms with Crippen molar-refractivity contribution in [1.29, 1.82) is 0 Å². The third-order valence-corrected chi connectivity index (χ3v) is 7.75. The molecular formula is C16H20N4O3S2. The summed E-state index contributed by atoms with van der Waals surface area (Å²) >= 11 is 1.54. The van der Waals surface area contributed by atoms with Gasteiger partial charge in [0.25, 0.3) is 5.91 Å². The van der Waals surface area contributed by atoms with Crippen molar-refractivity contribution < 1.29 is 13.2 Å². The second-order valence-electron chi connectivity index (χ2n) is 6.74. The van der Waals surface area contributed by atoms with Crippen LogP contribution in [0.2, 0.25) is 0 Å². The number of nitrogens with one attached hydrogen (secondary N) is 1. The topological polar surface area (TPSA) is 94.0 Å². The highest BCUT2D eigenvalue weighted by molar-refractivity contribution is 7.91. The van der Waals surface area contributed by atoms with Gasteiger partial charge in [-0.25, -0.2) is 13.4 Å². The van der Waals surface area contributed by atoms with Gasteiger partial charge in [0.2, 0.25) is 0 Å². The van der Waals surface area contributed by atoms with Crippen molar-refractivity contribution in [2.75, 3.05) is 16.8 Å². The van der Waals surface area contributed by atoms with Crippen LogP contribution in [0.4, 0.5) is 5.13 Å². The average molecular weight is 380 g/mol. The number of nitrogens with zero attached hydrogens (tertiary/aromatic N) is 3. The third kappa shape index (κ3) is 2.99. The van der Waals surface area contributed by atoms with Gasteiger partial charge in [-0.15, -0.1) is 11.3 Å². The molecule has 1 saturated heterocycles. The molecule has 2 aromatic rings. The number of fused-ring (bicyclic) bond motifs is 1. The van der Waals surface area contributed by atoms with Crippen molar-refractivity contribution in [2.24, 2.45) is 0 Å². The number of aryl methyl sites for hydroxylation is 3. The Morgan fingerprint density at radius 1 is 1.32 bits per heavy atom. The Kier molecular flexibility index (Phi) is 3.95. The van der Waals surface area contributed by atoms with Crippen LogP contribution in [-0.2, 0) is 22.7 Å². The summed E-state index contributed by atoms with van der Waals surface area (Å²) in [4.78, 5) is 18.5. The summed E-state index contributed by atoms with van der Waals surface area (Å²) in [6, 6.07) is -0.186. The molecule has 1 unspecified atom stereocenters. The van der Waals surface area contributed by atoms with E-state index >= 15 is 0 Å². The highest BCUT2D eigenvalue weighted by atomic mass is 32.2. The van der Waals surface area contributed by atoms with Crippen molar-refractivity contribution in [2.45, 2.75) is 45.6 Å². The maximum Gasteiger partial charge on any atom is 0.261 e. The zero-order valence-corrected chi connectivity index (χ0v) is 15.8. The quantitative estimate of drug-likeness (QED) is 0.880. The van der Waals surface area contributed by atoms with Gasteiger partial charge in [-0.1, -0.05) is 0 Å². The molecule has 1 atom stereocenters. The molecule has 1 N–H and O–H groups in total. The summed E-state index contributed by atoms with van der Waals surface area (Å²) in [5.74, 6) is 0.0479. The van der Waals surface area contributed by atoms with Gasteiger partial charge in [0.1, 0.15) is 0 Å². The van der Waals surface area contributed by atoms with Crippen molar-refractivity contribution in [3.8, 4) is 0 Å². The molecule has 4 rings (SSSR count). The van der Waals surface area contributed by atoms with Crippen LogP contribution < -0.4 is 5.32 Å². The number of hydrogen-bond acceptors (Lipinski definition) is 6. The van der Waals surface area contributed by atoms with E-state index in [1.54, 1.807) is 11.6 Å². The molecule has 134 valence electrons. The first-order chi connectivity index (χ1) is 11.8. The van der Waals surface area contributed by atoms with Gasteiger partial charge in [-0.05, 0) is 39.5 Å². The number of carbonyl (C=O) groups is 1. The highest BCUT2D eigenvalue weighted by Gasteiger charge is 2.32. The first kappa shape index (κ1) is 16.7. The Morgan fingerprint density at radius 2 is 2.12 bits per heavy atom. The van der Waals surface area contributed by atoms with Crippen LogP contribution in [0, 0.1) is 13.8 Å². The Labute approximate surface area is 150 Å². The maximum absolute atomic E-state index is 12.7. The fraction of sp³-hybridized carbons (Fsp3) is 0.562. The monoisotopic (exact) mass is 380 g/mol. The van der Waals surface area contributed by atoms with E-state index in [9.17, 15) is 13.2 Å². The van der Waals surface area contributed by atoms with Crippen LogP contribution in [0.5, 0.6) is 0 Å². The number of thiazole rings is 1. The summed E-state index contributed by atoms with van der Waals surface area (Å²) in [6.07, 6.45) is 3.70. The molecule has 2 aromatic heterocycles. The molecule has 0 bridgehead atoms. The number of rotatable bonds is 3. The number of amides is 1. The van der Waals surface area contributed by atoms with Crippen molar-refractivity contribution in [3.63, 3.8) is 0 Å². The maximum atomic E-state index is 12.7. The van der Waals surface area contributed by atoms with E-state index in [1.165, 1.54) is 16.2 Å². The van der Waals surface area contributed by atoms with Gasteiger partial charge in [-0.2, -0.15) is 5.10 Å². The normalized spacial score (nSPS) is 21.4. The van der Waals surface area contributed by atoms with E-state index in [0.717, 1.165) is 25.0 Å². The Morgan fingerprint density at radius 3 is 2.80 bits per heavy atom. The predicted octanol–water partition coefficient (Wildman–Crippen LogP) is 2.06. The van der Waals surface area contributed by atoms with E-state index in [-0.39, 0.29) is 23.5 Å². The minimum absolute atomic E-state index is 0.0925. The lowest BCUT2D eigenvalue weighted by atomic mass is 10.1. The summed E-state index contributed by atoms with van der Waals surface area (Å²) in [5.41, 5.74) is 2.94. The smallest absolute Gasteiger partial charge is 0.261 e. The number of anilines is 1. The van der Waals surface area contributed by atoms with E-state index in [0.29, 0.717) is 28.5 Å². The minimum atomic E-state index is -3.00. The van der Waals surface area contributed by atoms with Crippen LogP contribution in [0.1, 0.15) is 51.2 Å². The second-order valence-corrected chi connectivity index (χ2v) is 10.1. The first-order valence-corrected chi connectivity index (χ1v) is 11.0. The van der Waals surface area contributed by atoms with E-state index < -0.39 is 9.84 Å². The first-order valence-electron chi connectivity index (χ1n) is 8.40. The van der Waals surface area contributed by atoms with Gasteiger partial charge in [0, 0.05) is 10.6 Å². The summed E-state index contributed by atoms with van der Waals surface area (Å²) in [6.45, 7) is 3.60. The van der Waals surface area contributed by atoms with Crippen LogP contribution >= 0.6 is 11.3 Å². The Balaban J connectivity index is 1.58. The van der Waals surface area contributed by atoms with E-state index in [1.807, 2.05) is 6.92 Å². The molecule has 7 nitrogen and oxygen atoms in total. The number of hydrogen-bond donors (Lipinski definition) is 1. The van der Waals surface area contributed by atoms with Crippen LogP contribution in [-0.4, -0.2) is 40.6 Å². The van der Waals surface area contributed by atoms with Gasteiger partial charge in [0.05, 0.1) is 34.5 Å². The number of sulfone groups is 1. The molecule has 0 radical (unpaired) electrons. The third-order valence-electron chi connectivity index (χ3n) is 4.92. The van der Waals surface area contributed by atoms with Gasteiger partial charge < -0.3 is 0 Å².